The summed E-state index contributed by atoms with van der Waals surface area (Å²) in [4.78, 5) is 6.47. The van der Waals surface area contributed by atoms with Gasteiger partial charge in [-0.3, -0.25) is 0 Å². The van der Waals surface area contributed by atoms with Gasteiger partial charge in [0, 0.05) is 17.8 Å². The van der Waals surface area contributed by atoms with Crippen LogP contribution in [0.15, 0.2) is 18.5 Å². The number of hydrogen-bond acceptors (Lipinski definition) is 2. The standard InChI is InChI=1S/C7H5ClN2O/c8-6-5-4(1-2-9-6)3-10-7(5)11/h1-3,10-11H. The fourth-order valence-corrected chi connectivity index (χ4v) is 1.28. The van der Waals surface area contributed by atoms with Crippen LogP contribution in [0.1, 0.15) is 0 Å². The van der Waals surface area contributed by atoms with Crippen molar-refractivity contribution in [3.8, 4) is 5.88 Å². The van der Waals surface area contributed by atoms with E-state index in [1.807, 2.05) is 0 Å². The second-order valence-corrected chi connectivity index (χ2v) is 2.56. The summed E-state index contributed by atoms with van der Waals surface area (Å²) < 4.78 is 0. The lowest BCUT2D eigenvalue weighted by Gasteiger charge is -1.91. The Morgan fingerprint density at radius 2 is 2.36 bits per heavy atom. The Balaban J connectivity index is 2.96. The molecule has 0 aliphatic heterocycles. The zero-order valence-corrected chi connectivity index (χ0v) is 6.26. The summed E-state index contributed by atoms with van der Waals surface area (Å²) in [5.41, 5.74) is 0. The van der Waals surface area contributed by atoms with Crippen LogP contribution in [0, 0.1) is 0 Å². The number of nitrogens with zero attached hydrogens (tertiary/aromatic N) is 1. The van der Waals surface area contributed by atoms with Crippen molar-refractivity contribution in [1.29, 1.82) is 0 Å². The molecule has 0 unspecified atom stereocenters. The molecular formula is C7H5ClN2O. The number of nitrogens with one attached hydrogen (secondary N) is 1. The minimum absolute atomic E-state index is 0.0677. The smallest absolute Gasteiger partial charge is 0.199 e. The van der Waals surface area contributed by atoms with E-state index in [1.165, 1.54) is 0 Å². The predicted octanol–water partition coefficient (Wildman–Crippen LogP) is 1.92. The lowest BCUT2D eigenvalue weighted by Crippen LogP contribution is -1.73. The van der Waals surface area contributed by atoms with Crippen LogP contribution in [-0.2, 0) is 0 Å². The van der Waals surface area contributed by atoms with Crippen LogP contribution in [0.2, 0.25) is 5.15 Å². The zero-order valence-electron chi connectivity index (χ0n) is 5.50. The number of rotatable bonds is 0. The van der Waals surface area contributed by atoms with Gasteiger partial charge in [-0.15, -0.1) is 0 Å². The van der Waals surface area contributed by atoms with E-state index in [-0.39, 0.29) is 5.88 Å². The average Bonchev–Trinajstić information content (AvgIpc) is 2.34. The maximum Gasteiger partial charge on any atom is 0.199 e. The second kappa shape index (κ2) is 2.13. The fourth-order valence-electron chi connectivity index (χ4n) is 1.02. The van der Waals surface area contributed by atoms with E-state index in [4.69, 9.17) is 11.6 Å². The van der Waals surface area contributed by atoms with E-state index >= 15 is 0 Å². The molecule has 2 N–H and O–H groups in total. The summed E-state index contributed by atoms with van der Waals surface area (Å²) in [5, 5.41) is 11.0. The first-order chi connectivity index (χ1) is 5.29. The van der Waals surface area contributed by atoms with Gasteiger partial charge in [0.05, 0.1) is 5.39 Å². The van der Waals surface area contributed by atoms with Gasteiger partial charge in [-0.05, 0) is 6.07 Å². The Bertz CT molecular complexity index is 396. The van der Waals surface area contributed by atoms with E-state index in [1.54, 1.807) is 18.5 Å². The third-order valence-corrected chi connectivity index (χ3v) is 1.82. The highest BCUT2D eigenvalue weighted by Crippen LogP contribution is 2.28. The molecule has 0 radical (unpaired) electrons. The first-order valence-corrected chi connectivity index (χ1v) is 3.47. The Hall–Kier alpha value is -1.22. The average molecular weight is 169 g/mol. The molecule has 2 aromatic heterocycles. The van der Waals surface area contributed by atoms with Crippen molar-refractivity contribution in [2.24, 2.45) is 0 Å². The second-order valence-electron chi connectivity index (χ2n) is 2.20. The van der Waals surface area contributed by atoms with Gasteiger partial charge in [-0.1, -0.05) is 11.6 Å². The molecule has 2 heterocycles. The molecule has 0 fully saturated rings. The summed E-state index contributed by atoms with van der Waals surface area (Å²) >= 11 is 5.71. The molecular weight excluding hydrogens is 164 g/mol. The minimum Gasteiger partial charge on any atom is -0.494 e. The molecule has 0 saturated heterocycles. The molecule has 0 spiro atoms. The molecule has 3 nitrogen and oxygen atoms in total. The first kappa shape index (κ1) is 6.49. The fraction of sp³-hybridized carbons (Fsp3) is 0. The molecule has 56 valence electrons. The molecule has 0 aromatic carbocycles. The quantitative estimate of drug-likeness (QED) is 0.591. The number of hydrogen-bond donors (Lipinski definition) is 2. The molecule has 0 saturated carbocycles. The summed E-state index contributed by atoms with van der Waals surface area (Å²) in [6.45, 7) is 0. The summed E-state index contributed by atoms with van der Waals surface area (Å²) in [6, 6.07) is 1.78. The van der Waals surface area contributed by atoms with Crippen molar-refractivity contribution < 1.29 is 5.11 Å². The number of H-pyrrole nitrogens is 1. The molecule has 0 atom stereocenters. The van der Waals surface area contributed by atoms with E-state index < -0.39 is 0 Å². The van der Waals surface area contributed by atoms with Crippen molar-refractivity contribution in [2.45, 2.75) is 0 Å². The minimum atomic E-state index is 0.0677. The summed E-state index contributed by atoms with van der Waals surface area (Å²) in [6.07, 6.45) is 3.27. The number of fused-ring (bicyclic) bond motifs is 1. The van der Waals surface area contributed by atoms with Crippen LogP contribution in [0.25, 0.3) is 10.8 Å². The Labute approximate surface area is 67.6 Å². The number of halogens is 1. The van der Waals surface area contributed by atoms with Crippen LogP contribution in [0.3, 0.4) is 0 Å². The molecule has 2 aromatic rings. The Morgan fingerprint density at radius 3 is 3.09 bits per heavy atom. The Kier molecular flexibility index (Phi) is 1.26. The van der Waals surface area contributed by atoms with Gasteiger partial charge in [0.15, 0.2) is 5.88 Å². The van der Waals surface area contributed by atoms with Crippen LogP contribution >= 0.6 is 11.6 Å². The monoisotopic (exact) mass is 168 g/mol. The summed E-state index contributed by atoms with van der Waals surface area (Å²) in [7, 11) is 0. The third kappa shape index (κ3) is 0.851. The normalized spacial score (nSPS) is 10.6. The highest BCUT2D eigenvalue weighted by atomic mass is 35.5. The molecule has 4 heteroatoms. The lowest BCUT2D eigenvalue weighted by molar-refractivity contribution is 0.462. The maximum atomic E-state index is 9.21. The molecule has 11 heavy (non-hydrogen) atoms. The summed E-state index contributed by atoms with van der Waals surface area (Å²) in [5.74, 6) is 0.0677. The van der Waals surface area contributed by atoms with Crippen molar-refractivity contribution in [1.82, 2.24) is 9.97 Å². The van der Waals surface area contributed by atoms with Crippen molar-refractivity contribution in [3.05, 3.63) is 23.6 Å². The number of aromatic nitrogens is 2. The zero-order chi connectivity index (χ0) is 7.84. The number of pyridine rings is 1. The van der Waals surface area contributed by atoms with Gasteiger partial charge in [-0.2, -0.15) is 0 Å². The number of aromatic hydroxyl groups is 1. The van der Waals surface area contributed by atoms with Crippen molar-refractivity contribution in [3.63, 3.8) is 0 Å². The van der Waals surface area contributed by atoms with Gasteiger partial charge < -0.3 is 10.1 Å². The highest BCUT2D eigenvalue weighted by molar-refractivity contribution is 6.34. The van der Waals surface area contributed by atoms with Crippen LogP contribution in [0.5, 0.6) is 5.88 Å². The third-order valence-electron chi connectivity index (χ3n) is 1.54. The topological polar surface area (TPSA) is 48.9 Å². The molecule has 0 amide bonds. The van der Waals surface area contributed by atoms with Crippen LogP contribution in [-0.4, -0.2) is 15.1 Å². The predicted molar refractivity (Wildman–Crippen MR) is 42.8 cm³/mol. The SMILES string of the molecule is Oc1[nH]cc2ccnc(Cl)c12. The van der Waals surface area contributed by atoms with Gasteiger partial charge >= 0.3 is 0 Å². The van der Waals surface area contributed by atoms with Gasteiger partial charge in [0.2, 0.25) is 0 Å². The molecule has 0 aliphatic carbocycles. The van der Waals surface area contributed by atoms with E-state index in [9.17, 15) is 5.11 Å². The highest BCUT2D eigenvalue weighted by Gasteiger charge is 2.05. The first-order valence-electron chi connectivity index (χ1n) is 3.09. The maximum absolute atomic E-state index is 9.21. The van der Waals surface area contributed by atoms with Crippen molar-refractivity contribution in [2.75, 3.05) is 0 Å². The van der Waals surface area contributed by atoms with Crippen LogP contribution < -0.4 is 0 Å². The largest absolute Gasteiger partial charge is 0.494 e. The van der Waals surface area contributed by atoms with E-state index in [0.717, 1.165) is 5.39 Å². The molecule has 0 aliphatic rings. The number of aromatic amines is 1. The van der Waals surface area contributed by atoms with Gasteiger partial charge in [0.1, 0.15) is 5.15 Å². The molecule has 2 rings (SSSR count). The molecule has 0 bridgehead atoms. The van der Waals surface area contributed by atoms with Crippen LogP contribution in [0.4, 0.5) is 0 Å². The van der Waals surface area contributed by atoms with E-state index in [2.05, 4.69) is 9.97 Å². The van der Waals surface area contributed by atoms with Crippen molar-refractivity contribution >= 4 is 22.4 Å². The Morgan fingerprint density at radius 1 is 1.55 bits per heavy atom. The van der Waals surface area contributed by atoms with Gasteiger partial charge in [-0.25, -0.2) is 4.98 Å². The lowest BCUT2D eigenvalue weighted by atomic mass is 10.3. The van der Waals surface area contributed by atoms with Gasteiger partial charge in [0.25, 0.3) is 0 Å². The van der Waals surface area contributed by atoms with E-state index in [0.29, 0.717) is 10.5 Å².